The molecule has 0 aliphatic rings. The Kier molecular flexibility index (Phi) is 3.36. The number of anilines is 1. The number of halogens is 2. The fourth-order valence-electron chi connectivity index (χ4n) is 1.74. The summed E-state index contributed by atoms with van der Waals surface area (Å²) in [5.41, 5.74) is 7.42. The molecule has 2 aromatic heterocycles. The monoisotopic (exact) mass is 426 g/mol. The van der Waals surface area contributed by atoms with E-state index in [4.69, 9.17) is 5.73 Å². The molecule has 19 heavy (non-hydrogen) atoms. The van der Waals surface area contributed by atoms with Gasteiger partial charge in [0.1, 0.15) is 11.5 Å². The SMILES string of the molecule is Nc1nc(-c2nc3ccccc3cc2Br)ncc1I. The lowest BCUT2D eigenvalue weighted by Crippen LogP contribution is -2.00. The molecule has 0 bridgehead atoms. The number of rotatable bonds is 1. The fraction of sp³-hybridized carbons (Fsp3) is 0. The number of para-hydroxylation sites is 1. The van der Waals surface area contributed by atoms with Gasteiger partial charge in [-0.25, -0.2) is 15.0 Å². The normalized spacial score (nSPS) is 10.8. The largest absolute Gasteiger partial charge is 0.383 e. The molecule has 0 saturated heterocycles. The van der Waals surface area contributed by atoms with Crippen molar-refractivity contribution < 1.29 is 0 Å². The number of pyridine rings is 1. The highest BCUT2D eigenvalue weighted by Gasteiger charge is 2.11. The summed E-state index contributed by atoms with van der Waals surface area (Å²) in [5, 5.41) is 1.07. The van der Waals surface area contributed by atoms with Crippen LogP contribution in [0.5, 0.6) is 0 Å². The Morgan fingerprint density at radius 3 is 2.74 bits per heavy atom. The maximum atomic E-state index is 5.82. The van der Waals surface area contributed by atoms with Gasteiger partial charge in [0.15, 0.2) is 5.82 Å². The standard InChI is InChI=1S/C13H8BrIN4/c14-8-5-7-3-1-2-4-10(7)18-11(8)13-17-6-9(15)12(16)19-13/h1-6H,(H2,16,17,19). The molecule has 0 radical (unpaired) electrons. The minimum atomic E-state index is 0.465. The van der Waals surface area contributed by atoms with Crippen molar-refractivity contribution in [3.63, 3.8) is 0 Å². The highest BCUT2D eigenvalue weighted by molar-refractivity contribution is 14.1. The van der Waals surface area contributed by atoms with Gasteiger partial charge in [0.25, 0.3) is 0 Å². The first-order chi connectivity index (χ1) is 9.15. The van der Waals surface area contributed by atoms with Crippen LogP contribution in [0.4, 0.5) is 5.82 Å². The van der Waals surface area contributed by atoms with E-state index < -0.39 is 0 Å². The van der Waals surface area contributed by atoms with Crippen molar-refractivity contribution in [3.8, 4) is 11.5 Å². The summed E-state index contributed by atoms with van der Waals surface area (Å²) in [6.45, 7) is 0. The van der Waals surface area contributed by atoms with Crippen molar-refractivity contribution in [2.75, 3.05) is 5.73 Å². The third-order valence-electron chi connectivity index (χ3n) is 2.66. The Labute approximate surface area is 131 Å². The molecule has 0 saturated carbocycles. The molecule has 94 valence electrons. The zero-order valence-electron chi connectivity index (χ0n) is 9.64. The number of aromatic nitrogens is 3. The van der Waals surface area contributed by atoms with Crippen LogP contribution >= 0.6 is 38.5 Å². The van der Waals surface area contributed by atoms with Gasteiger partial charge in [0.05, 0.1) is 9.09 Å². The third-order valence-corrected chi connectivity index (χ3v) is 4.10. The van der Waals surface area contributed by atoms with Crippen LogP contribution in [-0.2, 0) is 0 Å². The van der Waals surface area contributed by atoms with Gasteiger partial charge in [0, 0.05) is 16.1 Å². The second-order valence-corrected chi connectivity index (χ2v) is 5.95. The van der Waals surface area contributed by atoms with Crippen molar-refractivity contribution in [3.05, 3.63) is 44.6 Å². The van der Waals surface area contributed by atoms with Gasteiger partial charge in [0.2, 0.25) is 0 Å². The molecular formula is C13H8BrIN4. The molecule has 0 fully saturated rings. The van der Waals surface area contributed by atoms with E-state index in [1.807, 2.05) is 30.3 Å². The first kappa shape index (κ1) is 12.7. The molecule has 3 aromatic rings. The molecule has 3 rings (SSSR count). The Morgan fingerprint density at radius 1 is 1.16 bits per heavy atom. The van der Waals surface area contributed by atoms with Crippen LogP contribution in [0.2, 0.25) is 0 Å². The van der Waals surface area contributed by atoms with Crippen molar-refractivity contribution in [1.29, 1.82) is 0 Å². The Morgan fingerprint density at radius 2 is 1.95 bits per heavy atom. The molecule has 2 N–H and O–H groups in total. The van der Waals surface area contributed by atoms with Crippen LogP contribution in [0.15, 0.2) is 41.0 Å². The van der Waals surface area contributed by atoms with E-state index in [2.05, 4.69) is 53.5 Å². The summed E-state index contributed by atoms with van der Waals surface area (Å²) < 4.78 is 1.69. The number of nitrogen functional groups attached to an aromatic ring is 1. The Hall–Kier alpha value is -1.28. The van der Waals surface area contributed by atoms with E-state index in [-0.39, 0.29) is 0 Å². The van der Waals surface area contributed by atoms with E-state index >= 15 is 0 Å². The number of nitrogens with zero attached hydrogens (tertiary/aromatic N) is 3. The van der Waals surface area contributed by atoms with Crippen molar-refractivity contribution in [1.82, 2.24) is 15.0 Å². The summed E-state index contributed by atoms with van der Waals surface area (Å²) in [6.07, 6.45) is 1.70. The molecule has 0 atom stereocenters. The lowest BCUT2D eigenvalue weighted by atomic mass is 10.2. The molecule has 2 heterocycles. The van der Waals surface area contributed by atoms with Gasteiger partial charge in [-0.3, -0.25) is 0 Å². The molecule has 1 aromatic carbocycles. The van der Waals surface area contributed by atoms with Crippen LogP contribution in [0.3, 0.4) is 0 Å². The van der Waals surface area contributed by atoms with E-state index in [0.717, 1.165) is 18.9 Å². The predicted molar refractivity (Wildman–Crippen MR) is 87.6 cm³/mol. The van der Waals surface area contributed by atoms with E-state index in [9.17, 15) is 0 Å². The van der Waals surface area contributed by atoms with Crippen LogP contribution in [0.25, 0.3) is 22.4 Å². The number of fused-ring (bicyclic) bond motifs is 1. The predicted octanol–water partition coefficient (Wildman–Crippen LogP) is 3.64. The zero-order chi connectivity index (χ0) is 13.4. The van der Waals surface area contributed by atoms with Crippen molar-refractivity contribution >= 4 is 55.2 Å². The van der Waals surface area contributed by atoms with Crippen LogP contribution < -0.4 is 5.73 Å². The summed E-state index contributed by atoms with van der Waals surface area (Å²) in [7, 11) is 0. The molecule has 0 unspecified atom stereocenters. The number of nitrogens with two attached hydrogens (primary N) is 1. The van der Waals surface area contributed by atoms with Crippen LogP contribution in [0, 0.1) is 3.57 Å². The lowest BCUT2D eigenvalue weighted by Gasteiger charge is -2.06. The first-order valence-corrected chi connectivity index (χ1v) is 7.36. The summed E-state index contributed by atoms with van der Waals surface area (Å²) >= 11 is 5.61. The minimum absolute atomic E-state index is 0.465. The Balaban J connectivity index is 2.23. The highest BCUT2D eigenvalue weighted by Crippen LogP contribution is 2.28. The number of hydrogen-bond donors (Lipinski definition) is 1. The third kappa shape index (κ3) is 2.42. The van der Waals surface area contributed by atoms with Gasteiger partial charge >= 0.3 is 0 Å². The molecule has 6 heteroatoms. The molecule has 0 aliphatic heterocycles. The lowest BCUT2D eigenvalue weighted by molar-refractivity contribution is 1.14. The molecule has 0 aliphatic carbocycles. The zero-order valence-corrected chi connectivity index (χ0v) is 13.4. The second-order valence-electron chi connectivity index (χ2n) is 3.94. The van der Waals surface area contributed by atoms with Crippen molar-refractivity contribution in [2.45, 2.75) is 0 Å². The van der Waals surface area contributed by atoms with E-state index in [1.54, 1.807) is 6.20 Å². The maximum absolute atomic E-state index is 5.82. The second kappa shape index (κ2) is 5.01. The molecule has 4 nitrogen and oxygen atoms in total. The maximum Gasteiger partial charge on any atom is 0.181 e. The van der Waals surface area contributed by atoms with Crippen LogP contribution in [-0.4, -0.2) is 15.0 Å². The summed E-state index contributed by atoms with van der Waals surface area (Å²) in [5.74, 6) is 0.989. The quantitative estimate of drug-likeness (QED) is 0.603. The van der Waals surface area contributed by atoms with E-state index in [0.29, 0.717) is 17.3 Å². The van der Waals surface area contributed by atoms with Gasteiger partial charge in [-0.2, -0.15) is 0 Å². The molecule has 0 spiro atoms. The average Bonchev–Trinajstić information content (AvgIpc) is 2.41. The topological polar surface area (TPSA) is 64.7 Å². The van der Waals surface area contributed by atoms with Gasteiger partial charge in [-0.1, -0.05) is 18.2 Å². The molecular weight excluding hydrogens is 419 g/mol. The Bertz CT molecular complexity index is 776. The smallest absolute Gasteiger partial charge is 0.181 e. The minimum Gasteiger partial charge on any atom is -0.383 e. The van der Waals surface area contributed by atoms with Gasteiger partial charge in [-0.15, -0.1) is 0 Å². The van der Waals surface area contributed by atoms with E-state index in [1.165, 1.54) is 0 Å². The van der Waals surface area contributed by atoms with Gasteiger partial charge < -0.3 is 5.73 Å². The summed E-state index contributed by atoms with van der Waals surface area (Å²) in [4.78, 5) is 13.1. The fourth-order valence-corrected chi connectivity index (χ4v) is 2.51. The molecule has 0 amide bonds. The summed E-state index contributed by atoms with van der Waals surface area (Å²) in [6, 6.07) is 9.92. The van der Waals surface area contributed by atoms with Crippen molar-refractivity contribution in [2.24, 2.45) is 0 Å². The van der Waals surface area contributed by atoms with Crippen LogP contribution in [0.1, 0.15) is 0 Å². The number of hydrogen-bond acceptors (Lipinski definition) is 4. The first-order valence-electron chi connectivity index (χ1n) is 5.49. The number of benzene rings is 1. The highest BCUT2D eigenvalue weighted by atomic mass is 127. The average molecular weight is 427 g/mol. The van der Waals surface area contributed by atoms with Gasteiger partial charge in [-0.05, 0) is 50.7 Å².